The van der Waals surface area contributed by atoms with Crippen LogP contribution in [0.5, 0.6) is 0 Å². The molecule has 1 aliphatic rings. The van der Waals surface area contributed by atoms with Gasteiger partial charge in [-0.25, -0.2) is 4.98 Å². The van der Waals surface area contributed by atoms with Crippen LogP contribution in [0.15, 0.2) is 40.3 Å². The number of nitrogens with zero attached hydrogens (tertiary/aromatic N) is 4. The molecule has 2 aromatic heterocycles. The lowest BCUT2D eigenvalue weighted by atomic mass is 9.97. The van der Waals surface area contributed by atoms with E-state index in [1.54, 1.807) is 20.8 Å². The Kier molecular flexibility index (Phi) is 8.07. The van der Waals surface area contributed by atoms with Crippen LogP contribution in [0.3, 0.4) is 0 Å². The molecule has 0 radical (unpaired) electrons. The number of carbonyl (C=O) groups excluding carboxylic acids is 1. The number of thioether (sulfide) groups is 1. The van der Waals surface area contributed by atoms with E-state index in [4.69, 9.17) is 10.2 Å². The van der Waals surface area contributed by atoms with Crippen molar-refractivity contribution < 1.29 is 4.79 Å². The number of fused-ring (bicyclic) bond motifs is 3. The Bertz CT molecular complexity index is 1260. The fraction of sp³-hybridized carbons (Fsp3) is 0.462. The van der Waals surface area contributed by atoms with E-state index in [0.29, 0.717) is 24.2 Å². The number of thiophene rings is 1. The molecule has 0 N–H and O–H groups in total. The van der Waals surface area contributed by atoms with E-state index in [2.05, 4.69) is 19.9 Å². The molecule has 4 rings (SSSR count). The maximum Gasteiger partial charge on any atom is 0.263 e. The van der Waals surface area contributed by atoms with Crippen molar-refractivity contribution in [3.63, 3.8) is 0 Å². The molecule has 0 fully saturated rings. The van der Waals surface area contributed by atoms with Gasteiger partial charge >= 0.3 is 0 Å². The summed E-state index contributed by atoms with van der Waals surface area (Å²) in [5, 5.41) is 10.5. The highest BCUT2D eigenvalue weighted by Crippen LogP contribution is 2.35. The highest BCUT2D eigenvalue weighted by atomic mass is 32.2. The van der Waals surface area contributed by atoms with Gasteiger partial charge in [0, 0.05) is 23.7 Å². The summed E-state index contributed by atoms with van der Waals surface area (Å²) in [5.74, 6) is 0.519. The molecule has 2 heterocycles. The summed E-state index contributed by atoms with van der Waals surface area (Å²) >= 11 is 2.96. The Morgan fingerprint density at radius 3 is 2.76 bits per heavy atom. The number of nitriles is 1. The maximum absolute atomic E-state index is 13.6. The number of anilines is 1. The summed E-state index contributed by atoms with van der Waals surface area (Å²) in [4.78, 5) is 35.5. The Morgan fingerprint density at radius 1 is 1.26 bits per heavy atom. The quantitative estimate of drug-likeness (QED) is 0.293. The Hall–Kier alpha value is -2.63. The molecule has 1 amide bonds. The van der Waals surface area contributed by atoms with Crippen molar-refractivity contribution in [2.45, 2.75) is 64.1 Å². The van der Waals surface area contributed by atoms with E-state index in [0.717, 1.165) is 48.0 Å². The highest BCUT2D eigenvalue weighted by Gasteiger charge is 2.23. The predicted molar refractivity (Wildman–Crippen MR) is 140 cm³/mol. The number of hydrogen-bond donors (Lipinski definition) is 0. The van der Waals surface area contributed by atoms with Crippen LogP contribution in [0.25, 0.3) is 10.2 Å². The molecule has 0 atom stereocenters. The van der Waals surface area contributed by atoms with Crippen molar-refractivity contribution in [2.24, 2.45) is 5.92 Å². The van der Waals surface area contributed by atoms with Gasteiger partial charge in [-0.2, -0.15) is 5.26 Å². The average Bonchev–Trinajstić information content (AvgIpc) is 3.21. The van der Waals surface area contributed by atoms with Crippen LogP contribution in [-0.2, 0) is 24.2 Å². The molecule has 0 bridgehead atoms. The van der Waals surface area contributed by atoms with Gasteiger partial charge in [0.25, 0.3) is 5.56 Å². The van der Waals surface area contributed by atoms with Gasteiger partial charge in [0.1, 0.15) is 4.83 Å². The van der Waals surface area contributed by atoms with Crippen molar-refractivity contribution in [3.05, 3.63) is 51.1 Å². The van der Waals surface area contributed by atoms with E-state index in [1.165, 1.54) is 22.2 Å². The van der Waals surface area contributed by atoms with E-state index in [-0.39, 0.29) is 23.6 Å². The topological polar surface area (TPSA) is 79.0 Å². The number of aryl methyl sites for hydroxylation is 2. The molecular weight excluding hydrogens is 464 g/mol. The summed E-state index contributed by atoms with van der Waals surface area (Å²) in [5.41, 5.74) is 2.00. The SMILES string of the molecule is CC(C)CCn1c(SCC(=O)N(CCC#N)c2ccccc2)nc2sc3c(c2c1=O)CCCC3. The number of hydrogen-bond acceptors (Lipinski definition) is 6. The summed E-state index contributed by atoms with van der Waals surface area (Å²) in [6, 6.07) is 11.5. The van der Waals surface area contributed by atoms with Gasteiger partial charge in [-0.3, -0.25) is 14.2 Å². The summed E-state index contributed by atoms with van der Waals surface area (Å²) < 4.78 is 1.78. The number of aromatic nitrogens is 2. The second kappa shape index (κ2) is 11.2. The third-order valence-electron chi connectivity index (χ3n) is 6.11. The molecule has 8 heteroatoms. The van der Waals surface area contributed by atoms with Crippen LogP contribution in [0.1, 0.15) is 50.0 Å². The summed E-state index contributed by atoms with van der Waals surface area (Å²) in [7, 11) is 0. The van der Waals surface area contributed by atoms with E-state index >= 15 is 0 Å². The minimum absolute atomic E-state index is 0.0318. The largest absolute Gasteiger partial charge is 0.311 e. The second-order valence-corrected chi connectivity index (χ2v) is 11.0. The maximum atomic E-state index is 13.6. The second-order valence-electron chi connectivity index (χ2n) is 9.00. The molecule has 0 saturated heterocycles. The van der Waals surface area contributed by atoms with Crippen LogP contribution >= 0.6 is 23.1 Å². The molecule has 178 valence electrons. The fourth-order valence-electron chi connectivity index (χ4n) is 4.29. The standard InChI is InChI=1S/C26H30N4O2S2/c1-18(2)13-16-30-25(32)23-20-11-6-7-12-21(20)34-24(23)28-26(30)33-17-22(31)29(15-8-14-27)19-9-4-3-5-10-19/h3-5,9-10,18H,6-8,11-13,15-17H2,1-2H3. The van der Waals surface area contributed by atoms with E-state index in [1.807, 2.05) is 30.3 Å². The monoisotopic (exact) mass is 494 g/mol. The molecule has 0 aliphatic heterocycles. The van der Waals surface area contributed by atoms with Crippen molar-refractivity contribution in [3.8, 4) is 6.07 Å². The molecular formula is C26H30N4O2S2. The van der Waals surface area contributed by atoms with Gasteiger partial charge in [-0.15, -0.1) is 11.3 Å². The lowest BCUT2D eigenvalue weighted by Gasteiger charge is -2.22. The van der Waals surface area contributed by atoms with Crippen LogP contribution in [0.2, 0.25) is 0 Å². The van der Waals surface area contributed by atoms with Gasteiger partial charge in [0.2, 0.25) is 5.91 Å². The number of benzene rings is 1. The van der Waals surface area contributed by atoms with Crippen molar-refractivity contribution in [1.82, 2.24) is 9.55 Å². The van der Waals surface area contributed by atoms with Gasteiger partial charge < -0.3 is 4.90 Å². The van der Waals surface area contributed by atoms with Crippen LogP contribution in [0.4, 0.5) is 5.69 Å². The first-order valence-corrected chi connectivity index (χ1v) is 13.7. The van der Waals surface area contributed by atoms with Crippen molar-refractivity contribution in [1.29, 1.82) is 5.26 Å². The third-order valence-corrected chi connectivity index (χ3v) is 8.26. The van der Waals surface area contributed by atoms with Crippen LogP contribution in [0, 0.1) is 17.2 Å². The van der Waals surface area contributed by atoms with Gasteiger partial charge in [-0.1, -0.05) is 43.8 Å². The van der Waals surface area contributed by atoms with E-state index < -0.39 is 0 Å². The first kappa shape index (κ1) is 24.5. The molecule has 6 nitrogen and oxygen atoms in total. The molecule has 0 unspecified atom stereocenters. The summed E-state index contributed by atoms with van der Waals surface area (Å²) in [6.07, 6.45) is 5.39. The van der Waals surface area contributed by atoms with Crippen molar-refractivity contribution in [2.75, 3.05) is 17.2 Å². The smallest absolute Gasteiger partial charge is 0.263 e. The molecule has 0 spiro atoms. The Balaban J connectivity index is 1.64. The Morgan fingerprint density at radius 2 is 2.03 bits per heavy atom. The zero-order chi connectivity index (χ0) is 24.1. The average molecular weight is 495 g/mol. The van der Waals surface area contributed by atoms with Gasteiger partial charge in [-0.05, 0) is 55.7 Å². The third kappa shape index (κ3) is 5.37. The number of para-hydroxylation sites is 1. The molecule has 34 heavy (non-hydrogen) atoms. The zero-order valence-electron chi connectivity index (χ0n) is 19.7. The van der Waals surface area contributed by atoms with Gasteiger partial charge in [0.05, 0.1) is 23.6 Å². The number of rotatable bonds is 9. The Labute approximate surface area is 208 Å². The normalized spacial score (nSPS) is 13.1. The minimum Gasteiger partial charge on any atom is -0.311 e. The lowest BCUT2D eigenvalue weighted by molar-refractivity contribution is -0.116. The number of carbonyl (C=O) groups is 1. The zero-order valence-corrected chi connectivity index (χ0v) is 21.4. The van der Waals surface area contributed by atoms with Crippen LogP contribution < -0.4 is 10.5 Å². The lowest BCUT2D eigenvalue weighted by Crippen LogP contribution is -2.33. The van der Waals surface area contributed by atoms with Crippen molar-refractivity contribution >= 4 is 44.9 Å². The molecule has 0 saturated carbocycles. The molecule has 3 aromatic rings. The highest BCUT2D eigenvalue weighted by molar-refractivity contribution is 7.99. The molecule has 1 aliphatic carbocycles. The minimum atomic E-state index is -0.0957. The predicted octanol–water partition coefficient (Wildman–Crippen LogP) is 5.42. The fourth-order valence-corrected chi connectivity index (χ4v) is 6.49. The molecule has 1 aromatic carbocycles. The first-order valence-electron chi connectivity index (χ1n) is 11.9. The summed E-state index contributed by atoms with van der Waals surface area (Å²) in [6.45, 7) is 5.22. The first-order chi connectivity index (χ1) is 16.5. The van der Waals surface area contributed by atoms with Crippen LogP contribution in [-0.4, -0.2) is 27.8 Å². The van der Waals surface area contributed by atoms with E-state index in [9.17, 15) is 9.59 Å². The van der Waals surface area contributed by atoms with Gasteiger partial charge in [0.15, 0.2) is 5.16 Å². The number of amides is 1.